The summed E-state index contributed by atoms with van der Waals surface area (Å²) < 4.78 is 0. The van der Waals surface area contributed by atoms with Crippen LogP contribution >= 0.6 is 0 Å². The number of nitrogens with zero attached hydrogens (tertiary/aromatic N) is 2. The third-order valence-corrected chi connectivity index (χ3v) is 4.39. The van der Waals surface area contributed by atoms with Gasteiger partial charge in [-0.25, -0.2) is 0 Å². The number of oxime groups is 1. The molecule has 1 aromatic rings. The molecule has 0 radical (unpaired) electrons. The fraction of sp³-hybridized carbons (Fsp3) is 0.500. The molecule has 0 aliphatic carbocycles. The minimum atomic E-state index is 0.0441. The minimum Gasteiger partial charge on any atom is -0.409 e. The molecule has 1 saturated heterocycles. The second-order valence-electron chi connectivity index (χ2n) is 6.08. The van der Waals surface area contributed by atoms with Gasteiger partial charge in [0.15, 0.2) is 5.84 Å². The number of carbonyl (C=O) groups is 1. The molecule has 2 rings (SSSR count). The molecular formula is C16H23N3O2. The van der Waals surface area contributed by atoms with Gasteiger partial charge in [0.1, 0.15) is 0 Å². The number of piperidine rings is 1. The highest BCUT2D eigenvalue weighted by Crippen LogP contribution is 2.28. The van der Waals surface area contributed by atoms with Gasteiger partial charge in [-0.1, -0.05) is 31.1 Å². The lowest BCUT2D eigenvalue weighted by atomic mass is 9.85. The summed E-state index contributed by atoms with van der Waals surface area (Å²) >= 11 is 0. The van der Waals surface area contributed by atoms with Crippen LogP contribution in [-0.2, 0) is 0 Å². The lowest BCUT2D eigenvalue weighted by Gasteiger charge is -2.41. The summed E-state index contributed by atoms with van der Waals surface area (Å²) in [6.45, 7) is 7.29. The van der Waals surface area contributed by atoms with E-state index >= 15 is 0 Å². The van der Waals surface area contributed by atoms with E-state index in [0.29, 0.717) is 23.0 Å². The number of nitrogens with two attached hydrogens (primary N) is 1. The molecule has 3 N–H and O–H groups in total. The van der Waals surface area contributed by atoms with Gasteiger partial charge >= 0.3 is 0 Å². The predicted octanol–water partition coefficient (Wildman–Crippen LogP) is 2.29. The average Bonchev–Trinajstić information content (AvgIpc) is 2.49. The highest BCUT2D eigenvalue weighted by atomic mass is 16.4. The van der Waals surface area contributed by atoms with Crippen LogP contribution in [0.25, 0.3) is 0 Å². The van der Waals surface area contributed by atoms with Gasteiger partial charge in [0.2, 0.25) is 0 Å². The Bertz CT molecular complexity index is 539. The summed E-state index contributed by atoms with van der Waals surface area (Å²) in [7, 11) is 0. The molecule has 1 heterocycles. The summed E-state index contributed by atoms with van der Waals surface area (Å²) in [5, 5.41) is 11.6. The fourth-order valence-electron chi connectivity index (χ4n) is 2.99. The van der Waals surface area contributed by atoms with E-state index in [-0.39, 0.29) is 17.8 Å². The second-order valence-corrected chi connectivity index (χ2v) is 6.08. The van der Waals surface area contributed by atoms with Crippen molar-refractivity contribution in [3.63, 3.8) is 0 Å². The van der Waals surface area contributed by atoms with Crippen molar-refractivity contribution in [3.8, 4) is 0 Å². The number of hydrogen-bond donors (Lipinski definition) is 2. The fourth-order valence-corrected chi connectivity index (χ4v) is 2.99. The zero-order valence-electron chi connectivity index (χ0n) is 12.8. The lowest BCUT2D eigenvalue weighted by Crippen LogP contribution is -2.48. The van der Waals surface area contributed by atoms with Gasteiger partial charge in [-0.3, -0.25) is 4.79 Å². The third kappa shape index (κ3) is 3.17. The van der Waals surface area contributed by atoms with Crippen LogP contribution in [0.5, 0.6) is 0 Å². The Balaban J connectivity index is 2.19. The summed E-state index contributed by atoms with van der Waals surface area (Å²) in [5.41, 5.74) is 6.76. The van der Waals surface area contributed by atoms with Gasteiger partial charge < -0.3 is 15.8 Å². The molecule has 114 valence electrons. The van der Waals surface area contributed by atoms with Crippen LogP contribution in [0.3, 0.4) is 0 Å². The van der Waals surface area contributed by atoms with Crippen molar-refractivity contribution >= 4 is 11.7 Å². The Kier molecular flexibility index (Phi) is 4.50. The Morgan fingerprint density at radius 2 is 1.81 bits per heavy atom. The van der Waals surface area contributed by atoms with Crippen molar-refractivity contribution in [1.82, 2.24) is 4.90 Å². The first-order valence-corrected chi connectivity index (χ1v) is 7.33. The smallest absolute Gasteiger partial charge is 0.254 e. The van der Waals surface area contributed by atoms with Crippen LogP contribution in [0.1, 0.15) is 43.1 Å². The van der Waals surface area contributed by atoms with E-state index in [4.69, 9.17) is 10.9 Å². The van der Waals surface area contributed by atoms with Crippen LogP contribution in [-0.4, -0.2) is 34.4 Å². The largest absolute Gasteiger partial charge is 0.409 e. The van der Waals surface area contributed by atoms with Crippen LogP contribution in [0.2, 0.25) is 0 Å². The monoisotopic (exact) mass is 289 g/mol. The molecule has 5 heteroatoms. The number of likely N-dealkylation sites (tertiary alicyclic amines) is 1. The lowest BCUT2D eigenvalue weighted by molar-refractivity contribution is 0.0455. The van der Waals surface area contributed by atoms with Crippen LogP contribution in [0, 0.1) is 11.8 Å². The predicted molar refractivity (Wildman–Crippen MR) is 82.4 cm³/mol. The summed E-state index contributed by atoms with van der Waals surface area (Å²) in [6.07, 6.45) is 1.16. The molecule has 5 nitrogen and oxygen atoms in total. The number of amides is 1. The quantitative estimate of drug-likeness (QED) is 0.379. The van der Waals surface area contributed by atoms with Gasteiger partial charge in [-0.2, -0.15) is 0 Å². The zero-order chi connectivity index (χ0) is 15.6. The second kappa shape index (κ2) is 6.16. The van der Waals surface area contributed by atoms with Crippen molar-refractivity contribution in [1.29, 1.82) is 0 Å². The summed E-state index contributed by atoms with van der Waals surface area (Å²) in [6, 6.07) is 7.10. The number of rotatable bonds is 2. The number of benzene rings is 1. The molecule has 0 saturated carbocycles. The zero-order valence-corrected chi connectivity index (χ0v) is 12.8. The molecule has 1 aliphatic heterocycles. The Labute approximate surface area is 125 Å². The Hall–Kier alpha value is -2.04. The van der Waals surface area contributed by atoms with Crippen LogP contribution in [0.4, 0.5) is 0 Å². The maximum absolute atomic E-state index is 12.7. The van der Waals surface area contributed by atoms with E-state index in [1.165, 1.54) is 0 Å². The molecule has 1 aromatic carbocycles. The van der Waals surface area contributed by atoms with Crippen molar-refractivity contribution in [2.24, 2.45) is 22.7 Å². The number of carbonyl (C=O) groups excluding carboxylic acids is 1. The van der Waals surface area contributed by atoms with Crippen LogP contribution < -0.4 is 5.73 Å². The third-order valence-electron chi connectivity index (χ3n) is 4.39. The summed E-state index contributed by atoms with van der Waals surface area (Å²) in [5.74, 6) is 1.13. The average molecular weight is 289 g/mol. The van der Waals surface area contributed by atoms with Crippen LogP contribution in [0.15, 0.2) is 29.4 Å². The number of hydrogen-bond acceptors (Lipinski definition) is 3. The van der Waals surface area contributed by atoms with E-state index < -0.39 is 0 Å². The van der Waals surface area contributed by atoms with Gasteiger partial charge in [0, 0.05) is 23.7 Å². The van der Waals surface area contributed by atoms with Crippen molar-refractivity contribution in [2.45, 2.75) is 33.2 Å². The first-order valence-electron chi connectivity index (χ1n) is 7.33. The first kappa shape index (κ1) is 15.4. The molecule has 0 spiro atoms. The highest BCUT2D eigenvalue weighted by Gasteiger charge is 2.32. The standard InChI is InChI=1S/C16H23N3O2/c1-10-8-11(2)12(3)19(9-10)16(20)14-6-4-13(5-7-14)15(17)18-21/h4-7,10-12,21H,8-9H2,1-3H3,(H2,17,18). The highest BCUT2D eigenvalue weighted by molar-refractivity contribution is 5.99. The van der Waals surface area contributed by atoms with E-state index in [1.54, 1.807) is 24.3 Å². The molecular weight excluding hydrogens is 266 g/mol. The van der Waals surface area contributed by atoms with Crippen molar-refractivity contribution < 1.29 is 10.0 Å². The maximum Gasteiger partial charge on any atom is 0.254 e. The van der Waals surface area contributed by atoms with E-state index in [9.17, 15) is 4.79 Å². The Morgan fingerprint density at radius 3 is 2.38 bits per heavy atom. The van der Waals surface area contributed by atoms with Crippen molar-refractivity contribution in [3.05, 3.63) is 35.4 Å². The molecule has 3 unspecified atom stereocenters. The van der Waals surface area contributed by atoms with Gasteiger partial charge in [0.25, 0.3) is 5.91 Å². The van der Waals surface area contributed by atoms with Crippen molar-refractivity contribution in [2.75, 3.05) is 6.54 Å². The maximum atomic E-state index is 12.7. The molecule has 1 fully saturated rings. The SMILES string of the molecule is CC1CC(C)C(C)N(C(=O)c2ccc(/C(N)=N/O)cc2)C1. The molecule has 1 aliphatic rings. The van der Waals surface area contributed by atoms with E-state index in [0.717, 1.165) is 13.0 Å². The molecule has 0 bridgehead atoms. The normalized spacial score (nSPS) is 26.7. The van der Waals surface area contributed by atoms with Gasteiger partial charge in [-0.05, 0) is 37.3 Å². The minimum absolute atomic E-state index is 0.0441. The molecule has 0 aromatic heterocycles. The Morgan fingerprint density at radius 1 is 1.24 bits per heavy atom. The van der Waals surface area contributed by atoms with Gasteiger partial charge in [-0.15, -0.1) is 0 Å². The molecule has 3 atom stereocenters. The number of amidine groups is 1. The summed E-state index contributed by atoms with van der Waals surface area (Å²) in [4.78, 5) is 14.6. The molecule has 21 heavy (non-hydrogen) atoms. The molecule has 1 amide bonds. The van der Waals surface area contributed by atoms with E-state index in [2.05, 4.69) is 25.9 Å². The van der Waals surface area contributed by atoms with E-state index in [1.807, 2.05) is 4.90 Å². The topological polar surface area (TPSA) is 78.9 Å². The first-order chi connectivity index (χ1) is 9.93. The van der Waals surface area contributed by atoms with Gasteiger partial charge in [0.05, 0.1) is 0 Å².